The Morgan fingerprint density at radius 2 is 2.33 bits per heavy atom. The van der Waals surface area contributed by atoms with Crippen LogP contribution in [0.25, 0.3) is 0 Å². The van der Waals surface area contributed by atoms with Gasteiger partial charge < -0.3 is 5.73 Å². The molecular weight excluding hydrogens is 191 g/mol. The van der Waals surface area contributed by atoms with Crippen molar-refractivity contribution >= 4 is 5.69 Å². The summed E-state index contributed by atoms with van der Waals surface area (Å²) in [4.78, 5) is 2.38. The lowest BCUT2D eigenvalue weighted by atomic mass is 10.1. The molecule has 0 saturated carbocycles. The maximum atomic E-state index is 13.2. The average Bonchev–Trinajstić information content (AvgIpc) is 2.59. The molecule has 0 radical (unpaired) electrons. The Morgan fingerprint density at radius 1 is 1.53 bits per heavy atom. The number of nitrogens with zero attached hydrogens (tertiary/aromatic N) is 1. The molecule has 1 atom stereocenters. The highest BCUT2D eigenvalue weighted by Gasteiger charge is 2.20. The summed E-state index contributed by atoms with van der Waals surface area (Å²) in [5.74, 6) is -0.306. The van der Waals surface area contributed by atoms with Gasteiger partial charge in [-0.3, -0.25) is 4.90 Å². The van der Waals surface area contributed by atoms with Crippen molar-refractivity contribution in [3.8, 4) is 0 Å². The van der Waals surface area contributed by atoms with Gasteiger partial charge in [0.15, 0.2) is 0 Å². The van der Waals surface area contributed by atoms with Gasteiger partial charge in [0, 0.05) is 12.6 Å². The van der Waals surface area contributed by atoms with Crippen molar-refractivity contribution in [1.29, 1.82) is 0 Å². The summed E-state index contributed by atoms with van der Waals surface area (Å²) in [7, 11) is 0. The fourth-order valence-electron chi connectivity index (χ4n) is 2.13. The van der Waals surface area contributed by atoms with Crippen molar-refractivity contribution in [1.82, 2.24) is 4.90 Å². The first kappa shape index (κ1) is 10.4. The topological polar surface area (TPSA) is 29.3 Å². The van der Waals surface area contributed by atoms with E-state index in [2.05, 4.69) is 11.8 Å². The van der Waals surface area contributed by atoms with E-state index < -0.39 is 0 Å². The second-order valence-electron chi connectivity index (χ2n) is 4.32. The van der Waals surface area contributed by atoms with Crippen molar-refractivity contribution in [3.05, 3.63) is 29.6 Å². The zero-order valence-corrected chi connectivity index (χ0v) is 9.04. The van der Waals surface area contributed by atoms with E-state index in [4.69, 9.17) is 5.73 Å². The first-order valence-corrected chi connectivity index (χ1v) is 5.45. The molecule has 0 aromatic heterocycles. The molecule has 1 unspecified atom stereocenters. The van der Waals surface area contributed by atoms with Crippen molar-refractivity contribution in [2.24, 2.45) is 0 Å². The summed E-state index contributed by atoms with van der Waals surface area (Å²) < 4.78 is 13.2. The fraction of sp³-hybridized carbons (Fsp3) is 0.500. The number of hydrogen-bond donors (Lipinski definition) is 1. The average molecular weight is 208 g/mol. The van der Waals surface area contributed by atoms with Crippen LogP contribution in [0, 0.1) is 5.82 Å². The van der Waals surface area contributed by atoms with Gasteiger partial charge >= 0.3 is 0 Å². The number of rotatable bonds is 2. The minimum Gasteiger partial charge on any atom is -0.396 e. The number of hydrogen-bond acceptors (Lipinski definition) is 2. The lowest BCUT2D eigenvalue weighted by Crippen LogP contribution is -2.26. The van der Waals surface area contributed by atoms with Gasteiger partial charge in [-0.15, -0.1) is 0 Å². The van der Waals surface area contributed by atoms with Gasteiger partial charge in [0.05, 0.1) is 5.69 Å². The quantitative estimate of drug-likeness (QED) is 0.756. The molecule has 3 heteroatoms. The molecule has 1 aromatic rings. The van der Waals surface area contributed by atoms with E-state index in [9.17, 15) is 4.39 Å². The second-order valence-corrected chi connectivity index (χ2v) is 4.32. The minimum absolute atomic E-state index is 0.230. The van der Waals surface area contributed by atoms with Gasteiger partial charge in [0.2, 0.25) is 0 Å². The van der Waals surface area contributed by atoms with E-state index in [-0.39, 0.29) is 11.5 Å². The molecule has 0 amide bonds. The predicted octanol–water partition coefficient (Wildman–Crippen LogP) is 2.39. The number of anilines is 1. The zero-order chi connectivity index (χ0) is 10.8. The third kappa shape index (κ3) is 2.29. The molecular formula is C12H17FN2. The van der Waals surface area contributed by atoms with Crippen LogP contribution in [0.4, 0.5) is 10.1 Å². The zero-order valence-electron chi connectivity index (χ0n) is 9.04. The molecule has 2 rings (SSSR count). The predicted molar refractivity (Wildman–Crippen MR) is 59.9 cm³/mol. The number of likely N-dealkylation sites (tertiary alicyclic amines) is 1. The first-order valence-electron chi connectivity index (χ1n) is 5.45. The van der Waals surface area contributed by atoms with E-state index in [0.717, 1.165) is 18.7 Å². The Balaban J connectivity index is 2.07. The Kier molecular flexibility index (Phi) is 2.91. The van der Waals surface area contributed by atoms with E-state index in [1.165, 1.54) is 12.8 Å². The second kappa shape index (κ2) is 4.19. The summed E-state index contributed by atoms with van der Waals surface area (Å²) in [5.41, 5.74) is 6.68. The van der Waals surface area contributed by atoms with E-state index in [0.29, 0.717) is 6.04 Å². The smallest absolute Gasteiger partial charge is 0.146 e. The fourth-order valence-corrected chi connectivity index (χ4v) is 2.13. The van der Waals surface area contributed by atoms with Gasteiger partial charge in [0.25, 0.3) is 0 Å². The van der Waals surface area contributed by atoms with Crippen LogP contribution in [0.2, 0.25) is 0 Å². The highest BCUT2D eigenvalue weighted by Crippen LogP contribution is 2.20. The number of halogens is 1. The van der Waals surface area contributed by atoms with Crippen LogP contribution in [0.15, 0.2) is 18.2 Å². The molecule has 0 bridgehead atoms. The Labute approximate surface area is 89.9 Å². The summed E-state index contributed by atoms with van der Waals surface area (Å²) in [5, 5.41) is 0. The van der Waals surface area contributed by atoms with Crippen molar-refractivity contribution in [2.75, 3.05) is 12.3 Å². The Hall–Kier alpha value is -1.09. The van der Waals surface area contributed by atoms with E-state index >= 15 is 0 Å². The van der Waals surface area contributed by atoms with Gasteiger partial charge in [-0.1, -0.05) is 6.07 Å². The van der Waals surface area contributed by atoms with Gasteiger partial charge in [-0.25, -0.2) is 4.39 Å². The highest BCUT2D eigenvalue weighted by molar-refractivity contribution is 5.41. The lowest BCUT2D eigenvalue weighted by molar-refractivity contribution is 0.260. The van der Waals surface area contributed by atoms with E-state index in [1.54, 1.807) is 12.1 Å². The Morgan fingerprint density at radius 3 is 2.93 bits per heavy atom. The van der Waals surface area contributed by atoms with Crippen molar-refractivity contribution in [2.45, 2.75) is 32.4 Å². The lowest BCUT2D eigenvalue weighted by Gasteiger charge is -2.20. The van der Waals surface area contributed by atoms with Crippen molar-refractivity contribution in [3.63, 3.8) is 0 Å². The molecule has 1 heterocycles. The molecule has 82 valence electrons. The molecule has 0 spiro atoms. The summed E-state index contributed by atoms with van der Waals surface area (Å²) in [6.45, 7) is 4.17. The monoisotopic (exact) mass is 208 g/mol. The Bertz CT molecular complexity index is 351. The van der Waals surface area contributed by atoms with Crippen LogP contribution in [-0.4, -0.2) is 17.5 Å². The standard InChI is InChI=1S/C12H17FN2/c1-9-3-2-6-15(9)8-10-4-5-12(14)11(13)7-10/h4-5,7,9H,2-3,6,8,14H2,1H3. The molecule has 1 aliphatic rings. The normalized spacial score (nSPS) is 22.1. The maximum absolute atomic E-state index is 13.2. The van der Waals surface area contributed by atoms with Crippen LogP contribution >= 0.6 is 0 Å². The third-order valence-electron chi connectivity index (χ3n) is 3.14. The van der Waals surface area contributed by atoms with E-state index in [1.807, 2.05) is 6.07 Å². The van der Waals surface area contributed by atoms with Crippen LogP contribution < -0.4 is 5.73 Å². The third-order valence-corrected chi connectivity index (χ3v) is 3.14. The molecule has 1 fully saturated rings. The van der Waals surface area contributed by atoms with Crippen LogP contribution in [0.1, 0.15) is 25.3 Å². The highest BCUT2D eigenvalue weighted by atomic mass is 19.1. The molecule has 0 aliphatic carbocycles. The summed E-state index contributed by atoms with van der Waals surface area (Å²) in [6.07, 6.45) is 2.50. The van der Waals surface area contributed by atoms with Crippen LogP contribution in [0.5, 0.6) is 0 Å². The molecule has 1 aromatic carbocycles. The summed E-state index contributed by atoms with van der Waals surface area (Å²) in [6, 6.07) is 5.71. The van der Waals surface area contributed by atoms with Crippen LogP contribution in [-0.2, 0) is 6.54 Å². The molecule has 1 aliphatic heterocycles. The molecule has 1 saturated heterocycles. The van der Waals surface area contributed by atoms with Gasteiger partial charge in [-0.05, 0) is 44.0 Å². The maximum Gasteiger partial charge on any atom is 0.146 e. The van der Waals surface area contributed by atoms with Gasteiger partial charge in [0.1, 0.15) is 5.82 Å². The SMILES string of the molecule is CC1CCCN1Cc1ccc(N)c(F)c1. The number of benzene rings is 1. The number of nitrogen functional groups attached to an aromatic ring is 1. The first-order chi connectivity index (χ1) is 7.16. The van der Waals surface area contributed by atoms with Crippen molar-refractivity contribution < 1.29 is 4.39 Å². The van der Waals surface area contributed by atoms with Crippen LogP contribution in [0.3, 0.4) is 0 Å². The largest absolute Gasteiger partial charge is 0.396 e. The minimum atomic E-state index is -0.306. The van der Waals surface area contributed by atoms with Gasteiger partial charge in [-0.2, -0.15) is 0 Å². The number of nitrogens with two attached hydrogens (primary N) is 1. The summed E-state index contributed by atoms with van der Waals surface area (Å²) >= 11 is 0. The molecule has 2 N–H and O–H groups in total. The molecule has 15 heavy (non-hydrogen) atoms. The molecule has 2 nitrogen and oxygen atoms in total.